The van der Waals surface area contributed by atoms with Crippen molar-refractivity contribution in [2.24, 2.45) is 0 Å². The van der Waals surface area contributed by atoms with E-state index < -0.39 is 11.4 Å². The average Bonchev–Trinajstić information content (AvgIpc) is 2.01. The van der Waals surface area contributed by atoms with Crippen LogP contribution < -0.4 is 0 Å². The van der Waals surface area contributed by atoms with Crippen LogP contribution in [0.25, 0.3) is 0 Å². The molecule has 0 heterocycles. The molecule has 0 aliphatic carbocycles. The smallest absolute Gasteiger partial charge is 0.162 e. The molecule has 0 unspecified atom stereocenters. The van der Waals surface area contributed by atoms with Crippen molar-refractivity contribution in [3.8, 4) is 0 Å². The highest BCUT2D eigenvalue weighted by atomic mass is 19.1. The van der Waals surface area contributed by atoms with Gasteiger partial charge in [0.05, 0.1) is 11.2 Å². The predicted molar refractivity (Wildman–Crippen MR) is 51.6 cm³/mol. The van der Waals surface area contributed by atoms with Gasteiger partial charge in [-0.3, -0.25) is 4.79 Å². The minimum atomic E-state index is -1.27. The van der Waals surface area contributed by atoms with E-state index in [-0.39, 0.29) is 16.9 Å². The number of aliphatic hydroxyl groups is 1. The largest absolute Gasteiger partial charge is 0.386 e. The van der Waals surface area contributed by atoms with E-state index in [1.165, 1.54) is 32.9 Å². The molecular weight excluding hydrogens is 183 g/mol. The Balaban J connectivity index is 3.35. The van der Waals surface area contributed by atoms with Gasteiger partial charge in [0, 0.05) is 5.56 Å². The molecule has 76 valence electrons. The van der Waals surface area contributed by atoms with E-state index in [4.69, 9.17) is 0 Å². The summed E-state index contributed by atoms with van der Waals surface area (Å²) in [6.07, 6.45) is 0. The van der Waals surface area contributed by atoms with E-state index in [1.807, 2.05) is 0 Å². The number of hydrogen-bond acceptors (Lipinski definition) is 2. The third-order valence-electron chi connectivity index (χ3n) is 2.04. The van der Waals surface area contributed by atoms with Crippen molar-refractivity contribution in [1.82, 2.24) is 0 Å². The molecule has 3 heteroatoms. The molecule has 0 radical (unpaired) electrons. The minimum absolute atomic E-state index is 0.0182. The zero-order valence-electron chi connectivity index (χ0n) is 8.47. The maximum Gasteiger partial charge on any atom is 0.162 e. The van der Waals surface area contributed by atoms with Gasteiger partial charge in [-0.05, 0) is 26.8 Å². The number of halogens is 1. The summed E-state index contributed by atoms with van der Waals surface area (Å²) in [4.78, 5) is 11.0. The van der Waals surface area contributed by atoms with E-state index in [0.717, 1.165) is 0 Å². The molecule has 1 aromatic rings. The normalized spacial score (nSPS) is 11.5. The number of benzene rings is 1. The summed E-state index contributed by atoms with van der Waals surface area (Å²) >= 11 is 0. The van der Waals surface area contributed by atoms with Crippen LogP contribution in [0.5, 0.6) is 0 Å². The highest BCUT2D eigenvalue weighted by molar-refractivity contribution is 5.94. The monoisotopic (exact) mass is 196 g/mol. The molecule has 0 fully saturated rings. The molecule has 0 spiro atoms. The molecule has 0 atom stereocenters. The van der Waals surface area contributed by atoms with Gasteiger partial charge in [-0.1, -0.05) is 12.1 Å². The predicted octanol–water partition coefficient (Wildman–Crippen LogP) is 2.26. The number of hydrogen-bond donors (Lipinski definition) is 1. The van der Waals surface area contributed by atoms with E-state index in [0.29, 0.717) is 0 Å². The topological polar surface area (TPSA) is 37.3 Å². The second-order valence-corrected chi connectivity index (χ2v) is 3.78. The Morgan fingerprint density at radius 3 is 2.43 bits per heavy atom. The molecule has 1 aromatic carbocycles. The maximum atomic E-state index is 13.6. The van der Waals surface area contributed by atoms with Gasteiger partial charge in [-0.2, -0.15) is 0 Å². The van der Waals surface area contributed by atoms with Crippen molar-refractivity contribution >= 4 is 5.78 Å². The summed E-state index contributed by atoms with van der Waals surface area (Å²) in [7, 11) is 0. The van der Waals surface area contributed by atoms with Crippen LogP contribution in [0, 0.1) is 5.82 Å². The van der Waals surface area contributed by atoms with E-state index in [9.17, 15) is 14.3 Å². The van der Waals surface area contributed by atoms with Gasteiger partial charge in [0.15, 0.2) is 5.78 Å². The number of carbonyl (C=O) groups excluding carboxylic acids is 1. The minimum Gasteiger partial charge on any atom is -0.386 e. The molecule has 0 aliphatic heterocycles. The van der Waals surface area contributed by atoms with Crippen molar-refractivity contribution in [2.75, 3.05) is 0 Å². The fraction of sp³-hybridized carbons (Fsp3) is 0.364. The molecule has 0 saturated carbocycles. The van der Waals surface area contributed by atoms with Gasteiger partial charge in [0.2, 0.25) is 0 Å². The SMILES string of the molecule is CC(=O)c1cccc(C(C)(C)O)c1F. The maximum absolute atomic E-state index is 13.6. The average molecular weight is 196 g/mol. The third kappa shape index (κ3) is 1.99. The second-order valence-electron chi connectivity index (χ2n) is 3.78. The first-order valence-corrected chi connectivity index (χ1v) is 4.36. The second kappa shape index (κ2) is 3.50. The van der Waals surface area contributed by atoms with E-state index >= 15 is 0 Å². The number of Topliss-reactive ketones (excluding diaryl/α,β-unsaturated/α-hetero) is 1. The first-order chi connectivity index (χ1) is 6.34. The zero-order chi connectivity index (χ0) is 10.9. The van der Waals surface area contributed by atoms with Crippen molar-refractivity contribution in [2.45, 2.75) is 26.4 Å². The molecule has 1 N–H and O–H groups in total. The molecule has 0 aliphatic rings. The van der Waals surface area contributed by atoms with Crippen LogP contribution in [0.4, 0.5) is 4.39 Å². The number of carbonyl (C=O) groups is 1. The van der Waals surface area contributed by atoms with Crippen LogP contribution in [-0.2, 0) is 5.60 Å². The molecule has 0 aromatic heterocycles. The summed E-state index contributed by atoms with van der Waals surface area (Å²) in [5.74, 6) is -0.971. The fourth-order valence-corrected chi connectivity index (χ4v) is 1.28. The van der Waals surface area contributed by atoms with Gasteiger partial charge in [0.1, 0.15) is 5.82 Å². The highest BCUT2D eigenvalue weighted by Gasteiger charge is 2.23. The Hall–Kier alpha value is -1.22. The third-order valence-corrected chi connectivity index (χ3v) is 2.04. The van der Waals surface area contributed by atoms with Crippen LogP contribution in [-0.4, -0.2) is 10.9 Å². The lowest BCUT2D eigenvalue weighted by molar-refractivity contribution is 0.0742. The first-order valence-electron chi connectivity index (χ1n) is 4.36. The van der Waals surface area contributed by atoms with E-state index in [2.05, 4.69) is 0 Å². The summed E-state index contributed by atoms with van der Waals surface area (Å²) in [5, 5.41) is 9.62. The van der Waals surface area contributed by atoms with Crippen LogP contribution in [0.1, 0.15) is 36.7 Å². The molecule has 0 amide bonds. The quantitative estimate of drug-likeness (QED) is 0.736. The molecule has 2 nitrogen and oxygen atoms in total. The van der Waals surface area contributed by atoms with Crippen LogP contribution in [0.2, 0.25) is 0 Å². The Bertz CT molecular complexity index is 364. The lowest BCUT2D eigenvalue weighted by Gasteiger charge is -2.19. The van der Waals surface area contributed by atoms with Crippen LogP contribution >= 0.6 is 0 Å². The van der Waals surface area contributed by atoms with Crippen molar-refractivity contribution in [3.05, 3.63) is 35.1 Å². The van der Waals surface area contributed by atoms with Gasteiger partial charge in [-0.15, -0.1) is 0 Å². The van der Waals surface area contributed by atoms with Crippen LogP contribution in [0.15, 0.2) is 18.2 Å². The van der Waals surface area contributed by atoms with Gasteiger partial charge in [0.25, 0.3) is 0 Å². The van der Waals surface area contributed by atoms with E-state index in [1.54, 1.807) is 6.07 Å². The first kappa shape index (κ1) is 10.9. The fourth-order valence-electron chi connectivity index (χ4n) is 1.28. The number of ketones is 1. The highest BCUT2D eigenvalue weighted by Crippen LogP contribution is 2.24. The molecule has 0 saturated heterocycles. The summed E-state index contributed by atoms with van der Waals surface area (Å²) in [5.41, 5.74) is -1.11. The Morgan fingerprint density at radius 2 is 2.00 bits per heavy atom. The van der Waals surface area contributed by atoms with Crippen molar-refractivity contribution in [1.29, 1.82) is 0 Å². The number of rotatable bonds is 2. The van der Waals surface area contributed by atoms with Crippen molar-refractivity contribution < 1.29 is 14.3 Å². The standard InChI is InChI=1S/C11H13FO2/c1-7(13)8-5-4-6-9(10(8)12)11(2,3)14/h4-6,14H,1-3H3. The Kier molecular flexibility index (Phi) is 2.71. The van der Waals surface area contributed by atoms with Gasteiger partial charge < -0.3 is 5.11 Å². The molecule has 1 rings (SSSR count). The lowest BCUT2D eigenvalue weighted by Crippen LogP contribution is -2.19. The Morgan fingerprint density at radius 1 is 1.43 bits per heavy atom. The summed E-state index contributed by atoms with van der Waals surface area (Å²) in [6, 6.07) is 4.45. The summed E-state index contributed by atoms with van der Waals surface area (Å²) < 4.78 is 13.6. The molecular formula is C11H13FO2. The van der Waals surface area contributed by atoms with Gasteiger partial charge in [-0.25, -0.2) is 4.39 Å². The summed E-state index contributed by atoms with van der Waals surface area (Å²) in [6.45, 7) is 4.26. The van der Waals surface area contributed by atoms with Gasteiger partial charge >= 0.3 is 0 Å². The van der Waals surface area contributed by atoms with Crippen molar-refractivity contribution in [3.63, 3.8) is 0 Å². The lowest BCUT2D eigenvalue weighted by atomic mass is 9.95. The molecule has 0 bridgehead atoms. The van der Waals surface area contributed by atoms with Crippen LogP contribution in [0.3, 0.4) is 0 Å². The molecule has 14 heavy (non-hydrogen) atoms. The Labute approximate surface area is 82.4 Å². The zero-order valence-corrected chi connectivity index (χ0v) is 8.47.